The van der Waals surface area contributed by atoms with Gasteiger partial charge in [-0.15, -0.1) is 0 Å². The molecule has 0 saturated carbocycles. The van der Waals surface area contributed by atoms with E-state index in [1.54, 1.807) is 53.2 Å². The van der Waals surface area contributed by atoms with E-state index in [9.17, 15) is 22.8 Å². The maximum Gasteiger partial charge on any atom is 0.241 e. The molecular weight excluding hydrogens is 568 g/mol. The number of likely N-dealkylation sites (tertiary alicyclic amines) is 1. The van der Waals surface area contributed by atoms with E-state index < -0.39 is 16.1 Å². The Morgan fingerprint density at radius 3 is 2.51 bits per heavy atom. The molecule has 2 aliphatic heterocycles. The number of carbonyl (C=O) groups is 3. The number of amides is 3. The molecule has 2 aliphatic rings. The second-order valence-electron chi connectivity index (χ2n) is 11.3. The first-order valence-electron chi connectivity index (χ1n) is 14.9. The van der Waals surface area contributed by atoms with Gasteiger partial charge in [0.05, 0.1) is 4.90 Å². The Morgan fingerprint density at radius 1 is 1.07 bits per heavy atom. The highest BCUT2D eigenvalue weighted by atomic mass is 32.2. The first-order valence-corrected chi connectivity index (χ1v) is 16.4. The van der Waals surface area contributed by atoms with Gasteiger partial charge in [-0.2, -0.15) is 4.72 Å². The standard InChI is InChI=1S/C31H42N6O5S/c1-34-28(38)12-5-7-22-14-17-36(18-15-22)31(40)27(20-23-8-4-9-24(19-23)30(32)33)35-43(41,42)26-11-6-10-25(21-26)37-16-3-2-13-29(37)39/h4,6,8-11,19,21-22,27,35H,2-3,5,7,12-18,20H2,1H3,(H3,32,33)(H,34,38)/t27-/m0/s1. The number of rotatable bonds is 12. The van der Waals surface area contributed by atoms with Crippen LogP contribution in [0.3, 0.4) is 0 Å². The fraction of sp³-hybridized carbons (Fsp3) is 0.484. The summed E-state index contributed by atoms with van der Waals surface area (Å²) in [6, 6.07) is 12.1. The fourth-order valence-corrected chi connectivity index (χ4v) is 7.00. The van der Waals surface area contributed by atoms with Gasteiger partial charge in [-0.3, -0.25) is 19.8 Å². The molecule has 0 bridgehead atoms. The molecule has 0 unspecified atom stereocenters. The van der Waals surface area contributed by atoms with Crippen LogP contribution < -0.4 is 20.7 Å². The average molecular weight is 611 g/mol. The van der Waals surface area contributed by atoms with Crippen LogP contribution in [0.5, 0.6) is 0 Å². The average Bonchev–Trinajstić information content (AvgIpc) is 3.01. The van der Waals surface area contributed by atoms with Gasteiger partial charge in [0.1, 0.15) is 11.9 Å². The van der Waals surface area contributed by atoms with Gasteiger partial charge in [0.15, 0.2) is 0 Å². The van der Waals surface area contributed by atoms with Crippen LogP contribution in [0, 0.1) is 11.3 Å². The Labute approximate surface area is 253 Å². The summed E-state index contributed by atoms with van der Waals surface area (Å²) in [6.45, 7) is 1.54. The van der Waals surface area contributed by atoms with Crippen LogP contribution in [0.25, 0.3) is 0 Å². The second-order valence-corrected chi connectivity index (χ2v) is 13.0. The smallest absolute Gasteiger partial charge is 0.241 e. The van der Waals surface area contributed by atoms with Crippen LogP contribution in [0.15, 0.2) is 53.4 Å². The lowest BCUT2D eigenvalue weighted by molar-refractivity contribution is -0.134. The van der Waals surface area contributed by atoms with Crippen LogP contribution in [-0.2, 0) is 30.8 Å². The number of benzene rings is 2. The third-order valence-electron chi connectivity index (χ3n) is 8.26. The molecule has 5 N–H and O–H groups in total. The Hall–Kier alpha value is -3.77. The number of piperidine rings is 2. The molecule has 0 aromatic heterocycles. The number of amidine groups is 1. The predicted octanol–water partition coefficient (Wildman–Crippen LogP) is 2.53. The summed E-state index contributed by atoms with van der Waals surface area (Å²) in [5, 5.41) is 10.4. The molecule has 2 fully saturated rings. The van der Waals surface area contributed by atoms with Gasteiger partial charge in [-0.1, -0.05) is 24.3 Å². The van der Waals surface area contributed by atoms with Crippen molar-refractivity contribution in [3.05, 3.63) is 59.7 Å². The van der Waals surface area contributed by atoms with Crippen molar-refractivity contribution in [2.24, 2.45) is 11.7 Å². The van der Waals surface area contributed by atoms with Crippen LogP contribution in [-0.4, -0.2) is 69.6 Å². The number of hydrogen-bond donors (Lipinski definition) is 4. The first kappa shape index (κ1) is 32.2. The van der Waals surface area contributed by atoms with Crippen molar-refractivity contribution in [3.8, 4) is 0 Å². The Morgan fingerprint density at radius 2 is 1.81 bits per heavy atom. The summed E-state index contributed by atoms with van der Waals surface area (Å²) in [7, 11) is -2.52. The van der Waals surface area contributed by atoms with Crippen LogP contribution >= 0.6 is 0 Å². The Bertz CT molecular complexity index is 1440. The summed E-state index contributed by atoms with van der Waals surface area (Å²) >= 11 is 0. The number of nitrogens with two attached hydrogens (primary N) is 1. The first-order chi connectivity index (χ1) is 20.6. The lowest BCUT2D eigenvalue weighted by atomic mass is 9.91. The van der Waals surface area contributed by atoms with Crippen LogP contribution in [0.2, 0.25) is 0 Å². The van der Waals surface area contributed by atoms with E-state index in [2.05, 4.69) is 10.0 Å². The van der Waals surface area contributed by atoms with E-state index in [4.69, 9.17) is 11.1 Å². The summed E-state index contributed by atoms with van der Waals surface area (Å²) in [4.78, 5) is 41.2. The highest BCUT2D eigenvalue weighted by Gasteiger charge is 2.32. The molecule has 2 aromatic carbocycles. The maximum absolute atomic E-state index is 13.9. The predicted molar refractivity (Wildman–Crippen MR) is 165 cm³/mol. The second kappa shape index (κ2) is 14.6. The van der Waals surface area contributed by atoms with Crippen LogP contribution in [0.4, 0.5) is 5.69 Å². The third kappa shape index (κ3) is 8.64. The monoisotopic (exact) mass is 610 g/mol. The van der Waals surface area contributed by atoms with Gasteiger partial charge < -0.3 is 20.9 Å². The minimum absolute atomic E-state index is 0.0182. The van der Waals surface area contributed by atoms with E-state index in [1.807, 2.05) is 0 Å². The summed E-state index contributed by atoms with van der Waals surface area (Å²) in [6.07, 6.45) is 5.90. The van der Waals surface area contributed by atoms with E-state index in [1.165, 1.54) is 12.1 Å². The van der Waals surface area contributed by atoms with Crippen molar-refractivity contribution < 1.29 is 22.8 Å². The largest absolute Gasteiger partial charge is 0.384 e. The molecule has 4 rings (SSSR count). The van der Waals surface area contributed by atoms with E-state index in [0.717, 1.165) is 38.5 Å². The van der Waals surface area contributed by atoms with Gasteiger partial charge >= 0.3 is 0 Å². The number of nitrogen functional groups attached to an aromatic ring is 1. The molecule has 0 spiro atoms. The molecular formula is C31H42N6O5S. The molecule has 11 nitrogen and oxygen atoms in total. The fourth-order valence-electron chi connectivity index (χ4n) is 5.77. The molecule has 2 saturated heterocycles. The molecule has 0 aliphatic carbocycles. The van der Waals surface area contributed by atoms with Gasteiger partial charge in [0.25, 0.3) is 0 Å². The molecule has 12 heteroatoms. The molecule has 2 aromatic rings. The Kier molecular flexibility index (Phi) is 10.9. The van der Waals surface area contributed by atoms with Gasteiger partial charge in [-0.25, -0.2) is 8.42 Å². The van der Waals surface area contributed by atoms with E-state index >= 15 is 0 Å². The van der Waals surface area contributed by atoms with Crippen molar-refractivity contribution in [3.63, 3.8) is 0 Å². The number of carbonyl (C=O) groups excluding carboxylic acids is 3. The summed E-state index contributed by atoms with van der Waals surface area (Å²) in [5.41, 5.74) is 7.35. The zero-order valence-corrected chi connectivity index (χ0v) is 25.5. The Balaban J connectivity index is 1.52. The molecule has 2 heterocycles. The van der Waals surface area contributed by atoms with E-state index in [-0.39, 0.29) is 34.9 Å². The number of nitrogens with zero attached hydrogens (tertiary/aromatic N) is 2. The number of sulfonamides is 1. The van der Waals surface area contributed by atoms with E-state index in [0.29, 0.717) is 55.2 Å². The molecule has 232 valence electrons. The van der Waals surface area contributed by atoms with Gasteiger partial charge in [0, 0.05) is 50.8 Å². The molecule has 1 atom stereocenters. The normalized spacial score (nSPS) is 17.0. The number of nitrogens with one attached hydrogen (secondary N) is 3. The number of hydrogen-bond acceptors (Lipinski definition) is 6. The molecule has 43 heavy (non-hydrogen) atoms. The lowest BCUT2D eigenvalue weighted by Crippen LogP contribution is -2.51. The molecule has 0 radical (unpaired) electrons. The summed E-state index contributed by atoms with van der Waals surface area (Å²) in [5.74, 6) is -0.0546. The summed E-state index contributed by atoms with van der Waals surface area (Å²) < 4.78 is 30.0. The van der Waals surface area contributed by atoms with Gasteiger partial charge in [0.2, 0.25) is 27.7 Å². The van der Waals surface area contributed by atoms with Gasteiger partial charge in [-0.05, 0) is 80.7 Å². The maximum atomic E-state index is 13.9. The SMILES string of the molecule is CNC(=O)CCCC1CCN(C(=O)[C@H](Cc2cccc(C(=N)N)c2)NS(=O)(=O)c2cccc(N3CCCCC3=O)c2)CC1. The highest BCUT2D eigenvalue weighted by Crippen LogP contribution is 2.26. The van der Waals surface area contributed by atoms with Crippen molar-refractivity contribution in [2.45, 2.75) is 68.7 Å². The zero-order chi connectivity index (χ0) is 31.0. The quantitative estimate of drug-likeness (QED) is 0.213. The zero-order valence-electron chi connectivity index (χ0n) is 24.7. The minimum atomic E-state index is -4.14. The van der Waals surface area contributed by atoms with Crippen molar-refractivity contribution in [1.29, 1.82) is 5.41 Å². The molecule has 3 amide bonds. The number of anilines is 1. The topological polar surface area (TPSA) is 166 Å². The lowest BCUT2D eigenvalue weighted by Gasteiger charge is -2.34. The van der Waals surface area contributed by atoms with Crippen molar-refractivity contribution in [1.82, 2.24) is 14.9 Å². The van der Waals surface area contributed by atoms with Crippen molar-refractivity contribution >= 4 is 39.3 Å². The minimum Gasteiger partial charge on any atom is -0.384 e. The van der Waals surface area contributed by atoms with Crippen molar-refractivity contribution in [2.75, 3.05) is 31.6 Å². The van der Waals surface area contributed by atoms with Crippen LogP contribution in [0.1, 0.15) is 62.5 Å². The third-order valence-corrected chi connectivity index (χ3v) is 9.73. The highest BCUT2D eigenvalue weighted by molar-refractivity contribution is 7.89.